The van der Waals surface area contributed by atoms with Crippen LogP contribution in [0.5, 0.6) is 0 Å². The fourth-order valence-electron chi connectivity index (χ4n) is 4.03. The molecule has 0 bridgehead atoms. The first-order valence-electron chi connectivity index (χ1n) is 10.7. The number of aliphatic imine (C=N–C) groups is 1. The Hall–Kier alpha value is -3.29. The minimum Gasteiger partial charge on any atom is -0.368 e. The summed E-state index contributed by atoms with van der Waals surface area (Å²) in [6, 6.07) is 15.0. The maximum Gasteiger partial charge on any atom is 0.239 e. The first kappa shape index (κ1) is 21.0. The molecule has 0 radical (unpaired) electrons. The quantitative estimate of drug-likeness (QED) is 0.578. The SMILES string of the molecule is CN=C(NCc1ccc(N2CCNC(=O)C2)cc1)N1CCN(c2ccc(F)cc2)CC1. The highest BCUT2D eigenvalue weighted by molar-refractivity contribution is 5.82. The van der Waals surface area contributed by atoms with Crippen LogP contribution in [-0.2, 0) is 11.3 Å². The lowest BCUT2D eigenvalue weighted by molar-refractivity contribution is -0.120. The Labute approximate surface area is 182 Å². The third kappa shape index (κ3) is 5.25. The summed E-state index contributed by atoms with van der Waals surface area (Å²) in [6.45, 7) is 6.06. The molecule has 4 rings (SSSR count). The normalized spacial score (nSPS) is 17.5. The van der Waals surface area contributed by atoms with Gasteiger partial charge in [-0.1, -0.05) is 12.1 Å². The maximum absolute atomic E-state index is 13.2. The van der Waals surface area contributed by atoms with Crippen molar-refractivity contribution in [3.8, 4) is 0 Å². The second-order valence-electron chi connectivity index (χ2n) is 7.79. The van der Waals surface area contributed by atoms with E-state index in [1.54, 1.807) is 7.05 Å². The van der Waals surface area contributed by atoms with Gasteiger partial charge in [0.1, 0.15) is 5.82 Å². The van der Waals surface area contributed by atoms with Gasteiger partial charge in [0.25, 0.3) is 0 Å². The number of benzene rings is 2. The Morgan fingerprint density at radius 2 is 1.61 bits per heavy atom. The van der Waals surface area contributed by atoms with Crippen LogP contribution in [0.1, 0.15) is 5.56 Å². The number of guanidine groups is 1. The number of piperazine rings is 2. The molecule has 2 aliphatic heterocycles. The lowest BCUT2D eigenvalue weighted by Crippen LogP contribution is -2.52. The summed E-state index contributed by atoms with van der Waals surface area (Å²) < 4.78 is 13.2. The van der Waals surface area contributed by atoms with Crippen molar-refractivity contribution in [1.82, 2.24) is 15.5 Å². The molecule has 0 spiro atoms. The van der Waals surface area contributed by atoms with E-state index < -0.39 is 0 Å². The average Bonchev–Trinajstić information content (AvgIpc) is 2.81. The van der Waals surface area contributed by atoms with Crippen LogP contribution in [0.25, 0.3) is 0 Å². The molecule has 2 N–H and O–H groups in total. The van der Waals surface area contributed by atoms with Gasteiger partial charge in [-0.05, 0) is 42.0 Å². The summed E-state index contributed by atoms with van der Waals surface area (Å²) in [7, 11) is 1.80. The number of carbonyl (C=O) groups is 1. The summed E-state index contributed by atoms with van der Waals surface area (Å²) in [6.07, 6.45) is 0. The van der Waals surface area contributed by atoms with Crippen molar-refractivity contribution >= 4 is 23.2 Å². The van der Waals surface area contributed by atoms with Gasteiger partial charge >= 0.3 is 0 Å². The molecular weight excluding hydrogens is 395 g/mol. The number of nitrogens with zero attached hydrogens (tertiary/aromatic N) is 4. The molecule has 0 aromatic heterocycles. The van der Waals surface area contributed by atoms with E-state index in [2.05, 4.69) is 54.6 Å². The minimum atomic E-state index is -0.207. The molecule has 2 aromatic carbocycles. The molecule has 2 heterocycles. The van der Waals surface area contributed by atoms with Crippen LogP contribution < -0.4 is 20.4 Å². The van der Waals surface area contributed by atoms with Crippen LogP contribution in [0.2, 0.25) is 0 Å². The topological polar surface area (TPSA) is 63.2 Å². The van der Waals surface area contributed by atoms with Gasteiger partial charge in [0.05, 0.1) is 6.54 Å². The molecule has 2 fully saturated rings. The van der Waals surface area contributed by atoms with E-state index in [0.29, 0.717) is 19.6 Å². The first-order chi connectivity index (χ1) is 15.1. The van der Waals surface area contributed by atoms with Gasteiger partial charge in [0, 0.05) is 64.2 Å². The number of anilines is 2. The number of hydrogen-bond acceptors (Lipinski definition) is 4. The van der Waals surface area contributed by atoms with Crippen molar-refractivity contribution in [2.45, 2.75) is 6.54 Å². The smallest absolute Gasteiger partial charge is 0.239 e. The Morgan fingerprint density at radius 3 is 2.26 bits per heavy atom. The zero-order chi connectivity index (χ0) is 21.6. The second-order valence-corrected chi connectivity index (χ2v) is 7.79. The number of nitrogens with one attached hydrogen (secondary N) is 2. The molecule has 0 aliphatic carbocycles. The molecule has 0 atom stereocenters. The molecule has 7 nitrogen and oxygen atoms in total. The van der Waals surface area contributed by atoms with Crippen LogP contribution in [-0.4, -0.2) is 69.6 Å². The van der Waals surface area contributed by atoms with E-state index in [4.69, 9.17) is 0 Å². The van der Waals surface area contributed by atoms with Gasteiger partial charge in [-0.3, -0.25) is 9.79 Å². The molecule has 0 unspecified atom stereocenters. The maximum atomic E-state index is 13.2. The highest BCUT2D eigenvalue weighted by Crippen LogP contribution is 2.18. The highest BCUT2D eigenvalue weighted by Gasteiger charge is 2.20. The molecule has 2 aliphatic rings. The molecule has 8 heteroatoms. The number of amides is 1. The van der Waals surface area contributed by atoms with Gasteiger partial charge < -0.3 is 25.3 Å². The van der Waals surface area contributed by atoms with E-state index >= 15 is 0 Å². The first-order valence-corrected chi connectivity index (χ1v) is 10.7. The van der Waals surface area contributed by atoms with Crippen molar-refractivity contribution in [3.63, 3.8) is 0 Å². The molecular formula is C23H29FN6O. The van der Waals surface area contributed by atoms with Crippen molar-refractivity contribution in [3.05, 3.63) is 59.9 Å². The summed E-state index contributed by atoms with van der Waals surface area (Å²) in [5.74, 6) is 0.747. The number of rotatable bonds is 4. The molecule has 1 amide bonds. The van der Waals surface area contributed by atoms with Gasteiger partial charge in [0.2, 0.25) is 5.91 Å². The monoisotopic (exact) mass is 424 g/mol. The van der Waals surface area contributed by atoms with E-state index in [1.165, 1.54) is 12.1 Å². The fraction of sp³-hybridized carbons (Fsp3) is 0.391. The Balaban J connectivity index is 1.28. The van der Waals surface area contributed by atoms with Gasteiger partial charge in [-0.2, -0.15) is 0 Å². The molecule has 164 valence electrons. The van der Waals surface area contributed by atoms with E-state index in [9.17, 15) is 9.18 Å². The van der Waals surface area contributed by atoms with E-state index in [-0.39, 0.29) is 11.7 Å². The van der Waals surface area contributed by atoms with Crippen molar-refractivity contribution in [2.24, 2.45) is 4.99 Å². The molecule has 2 saturated heterocycles. The predicted molar refractivity (Wildman–Crippen MR) is 122 cm³/mol. The number of carbonyl (C=O) groups excluding carboxylic acids is 1. The zero-order valence-electron chi connectivity index (χ0n) is 17.9. The largest absolute Gasteiger partial charge is 0.368 e. The fourth-order valence-corrected chi connectivity index (χ4v) is 4.03. The Kier molecular flexibility index (Phi) is 6.54. The predicted octanol–water partition coefficient (Wildman–Crippen LogP) is 1.66. The van der Waals surface area contributed by atoms with Gasteiger partial charge in [-0.15, -0.1) is 0 Å². The van der Waals surface area contributed by atoms with Crippen LogP contribution in [0.15, 0.2) is 53.5 Å². The van der Waals surface area contributed by atoms with Crippen LogP contribution in [0.3, 0.4) is 0 Å². The van der Waals surface area contributed by atoms with Crippen LogP contribution >= 0.6 is 0 Å². The Bertz CT molecular complexity index is 907. The summed E-state index contributed by atoms with van der Waals surface area (Å²) in [4.78, 5) is 22.6. The summed E-state index contributed by atoms with van der Waals surface area (Å²) in [5, 5.41) is 6.30. The van der Waals surface area contributed by atoms with Gasteiger partial charge in [0.15, 0.2) is 5.96 Å². The van der Waals surface area contributed by atoms with Crippen LogP contribution in [0, 0.1) is 5.82 Å². The van der Waals surface area contributed by atoms with E-state index in [0.717, 1.165) is 55.6 Å². The third-order valence-electron chi connectivity index (χ3n) is 5.77. The van der Waals surface area contributed by atoms with Crippen molar-refractivity contribution in [2.75, 3.05) is 62.7 Å². The second kappa shape index (κ2) is 9.68. The van der Waals surface area contributed by atoms with E-state index in [1.807, 2.05) is 12.1 Å². The number of halogens is 1. The Morgan fingerprint density at radius 1 is 0.968 bits per heavy atom. The molecule has 2 aromatic rings. The molecule has 0 saturated carbocycles. The highest BCUT2D eigenvalue weighted by atomic mass is 19.1. The number of hydrogen-bond donors (Lipinski definition) is 2. The van der Waals surface area contributed by atoms with Gasteiger partial charge in [-0.25, -0.2) is 4.39 Å². The standard InChI is InChI=1S/C23H29FN6O/c1-25-23(29-14-12-28(13-15-29)20-8-4-19(24)5-9-20)27-16-18-2-6-21(7-3-18)30-11-10-26-22(31)17-30/h2-9H,10-17H2,1H3,(H,25,27)(H,26,31). The zero-order valence-corrected chi connectivity index (χ0v) is 17.9. The lowest BCUT2D eigenvalue weighted by atomic mass is 10.2. The average molecular weight is 425 g/mol. The third-order valence-corrected chi connectivity index (χ3v) is 5.77. The molecule has 31 heavy (non-hydrogen) atoms. The van der Waals surface area contributed by atoms with Crippen molar-refractivity contribution < 1.29 is 9.18 Å². The lowest BCUT2D eigenvalue weighted by Gasteiger charge is -2.37. The van der Waals surface area contributed by atoms with Crippen molar-refractivity contribution in [1.29, 1.82) is 0 Å². The summed E-state index contributed by atoms with van der Waals surface area (Å²) >= 11 is 0. The minimum absolute atomic E-state index is 0.0697. The summed E-state index contributed by atoms with van der Waals surface area (Å²) in [5.41, 5.74) is 3.28. The van der Waals surface area contributed by atoms with Crippen LogP contribution in [0.4, 0.5) is 15.8 Å².